The van der Waals surface area contributed by atoms with E-state index in [0.717, 1.165) is 5.56 Å². The molecule has 0 saturated carbocycles. The lowest BCUT2D eigenvalue weighted by atomic mass is 10.0. The van der Waals surface area contributed by atoms with Gasteiger partial charge >= 0.3 is 0 Å². The number of carbonyl (C=O) groups is 3. The van der Waals surface area contributed by atoms with Crippen molar-refractivity contribution in [3.8, 4) is 0 Å². The molecule has 6 nitrogen and oxygen atoms in total. The number of amides is 3. The number of benzene rings is 2. The van der Waals surface area contributed by atoms with Crippen molar-refractivity contribution in [2.45, 2.75) is 36.7 Å². The second-order valence-electron chi connectivity index (χ2n) is 8.25. The monoisotopic (exact) mass is 437 g/mol. The zero-order chi connectivity index (χ0) is 21.8. The summed E-state index contributed by atoms with van der Waals surface area (Å²) in [5, 5.41) is 3.11. The van der Waals surface area contributed by atoms with Gasteiger partial charge in [0.05, 0.1) is 11.5 Å². The molecule has 7 heteroatoms. The molecule has 2 saturated heterocycles. The van der Waals surface area contributed by atoms with Gasteiger partial charge in [-0.1, -0.05) is 42.5 Å². The molecule has 2 aliphatic heterocycles. The van der Waals surface area contributed by atoms with Gasteiger partial charge in [-0.2, -0.15) is 0 Å². The minimum atomic E-state index is -0.313. The zero-order valence-electron chi connectivity index (χ0n) is 17.4. The Morgan fingerprint density at radius 2 is 1.68 bits per heavy atom. The van der Waals surface area contributed by atoms with Crippen LogP contribution in [0.4, 0.5) is 0 Å². The number of piperidine rings is 1. The number of nitrogens with zero attached hydrogens (tertiary/aromatic N) is 2. The highest BCUT2D eigenvalue weighted by Gasteiger charge is 2.35. The molecule has 2 aromatic rings. The van der Waals surface area contributed by atoms with Crippen molar-refractivity contribution in [3.63, 3.8) is 0 Å². The van der Waals surface area contributed by atoms with E-state index in [2.05, 4.69) is 17.9 Å². The number of nitrogens with one attached hydrogen (secondary N) is 1. The van der Waals surface area contributed by atoms with Gasteiger partial charge in [0.1, 0.15) is 0 Å². The normalized spacial score (nSPS) is 19.5. The summed E-state index contributed by atoms with van der Waals surface area (Å²) in [6.07, 6.45) is 1.68. The van der Waals surface area contributed by atoms with Crippen molar-refractivity contribution in [1.82, 2.24) is 15.1 Å². The zero-order valence-corrected chi connectivity index (χ0v) is 18.3. The van der Waals surface area contributed by atoms with E-state index in [9.17, 15) is 14.4 Å². The first-order valence-corrected chi connectivity index (χ1v) is 11.2. The third-order valence-electron chi connectivity index (χ3n) is 6.06. The van der Waals surface area contributed by atoms with Gasteiger partial charge in [0.25, 0.3) is 5.91 Å². The maximum Gasteiger partial charge on any atom is 0.254 e. The molecule has 0 spiro atoms. The predicted molar refractivity (Wildman–Crippen MR) is 121 cm³/mol. The van der Waals surface area contributed by atoms with Crippen molar-refractivity contribution in [2.24, 2.45) is 5.92 Å². The minimum absolute atomic E-state index is 0.0201. The van der Waals surface area contributed by atoms with Crippen molar-refractivity contribution < 1.29 is 14.4 Å². The van der Waals surface area contributed by atoms with Crippen LogP contribution < -0.4 is 5.32 Å². The maximum atomic E-state index is 12.8. The molecule has 31 heavy (non-hydrogen) atoms. The lowest BCUT2D eigenvalue weighted by Crippen LogP contribution is -2.48. The first-order valence-electron chi connectivity index (χ1n) is 10.7. The SMILES string of the molecule is O=C(NC1CCN(C(=O)c2ccccc2S)CC1)C1CC(=O)N(Cc2ccccc2)C1. The van der Waals surface area contributed by atoms with Crippen LogP contribution in [-0.2, 0) is 16.1 Å². The number of hydrogen-bond donors (Lipinski definition) is 2. The quantitative estimate of drug-likeness (QED) is 0.707. The summed E-state index contributed by atoms with van der Waals surface area (Å²) in [6, 6.07) is 17.1. The number of likely N-dealkylation sites (tertiary alicyclic amines) is 2. The molecule has 0 aromatic heterocycles. The Morgan fingerprint density at radius 3 is 2.39 bits per heavy atom. The molecule has 1 atom stereocenters. The summed E-state index contributed by atoms with van der Waals surface area (Å²) >= 11 is 4.38. The molecule has 1 unspecified atom stereocenters. The molecule has 2 fully saturated rings. The van der Waals surface area contributed by atoms with Crippen LogP contribution in [0.3, 0.4) is 0 Å². The Labute approximate surface area is 188 Å². The molecule has 162 valence electrons. The Balaban J connectivity index is 1.26. The highest BCUT2D eigenvalue weighted by molar-refractivity contribution is 7.80. The molecule has 2 aromatic carbocycles. The second kappa shape index (κ2) is 9.56. The summed E-state index contributed by atoms with van der Waals surface area (Å²) in [5.74, 6) is -0.371. The highest BCUT2D eigenvalue weighted by Crippen LogP contribution is 2.22. The van der Waals surface area contributed by atoms with Gasteiger partial charge in [0.2, 0.25) is 11.8 Å². The molecule has 1 N–H and O–H groups in total. The van der Waals surface area contributed by atoms with Crippen molar-refractivity contribution >= 4 is 30.4 Å². The largest absolute Gasteiger partial charge is 0.353 e. The topological polar surface area (TPSA) is 69.7 Å². The molecule has 0 aliphatic carbocycles. The van der Waals surface area contributed by atoms with Crippen LogP contribution in [-0.4, -0.2) is 53.2 Å². The Morgan fingerprint density at radius 1 is 1.00 bits per heavy atom. The first kappa shape index (κ1) is 21.4. The van der Waals surface area contributed by atoms with Gasteiger partial charge in [-0.25, -0.2) is 0 Å². The molecule has 0 bridgehead atoms. The summed E-state index contributed by atoms with van der Waals surface area (Å²) in [7, 11) is 0. The highest BCUT2D eigenvalue weighted by atomic mass is 32.1. The van der Waals surface area contributed by atoms with Gasteiger partial charge in [0, 0.05) is 43.5 Å². The van der Waals surface area contributed by atoms with E-state index in [0.29, 0.717) is 49.5 Å². The fraction of sp³-hybridized carbons (Fsp3) is 0.375. The van der Waals surface area contributed by atoms with Crippen molar-refractivity contribution in [2.75, 3.05) is 19.6 Å². The average Bonchev–Trinajstić information content (AvgIpc) is 3.15. The molecule has 2 heterocycles. The Bertz CT molecular complexity index is 958. The predicted octanol–water partition coefficient (Wildman–Crippen LogP) is 2.74. The standard InChI is InChI=1S/C24H27N3O3S/c28-22-14-18(16-27(22)15-17-6-2-1-3-7-17)23(29)25-19-10-12-26(13-11-19)24(30)20-8-4-5-9-21(20)31/h1-9,18-19,31H,10-16H2,(H,25,29). The van der Waals surface area contributed by atoms with E-state index < -0.39 is 0 Å². The van der Waals surface area contributed by atoms with Crippen molar-refractivity contribution in [1.29, 1.82) is 0 Å². The van der Waals surface area contributed by atoms with Crippen LogP contribution >= 0.6 is 12.6 Å². The summed E-state index contributed by atoms with van der Waals surface area (Å²) in [6.45, 7) is 2.18. The second-order valence-corrected chi connectivity index (χ2v) is 8.73. The Hall–Kier alpha value is -2.80. The van der Waals surface area contributed by atoms with Crippen LogP contribution in [0.15, 0.2) is 59.5 Å². The van der Waals surface area contributed by atoms with E-state index in [-0.39, 0.29) is 36.1 Å². The smallest absolute Gasteiger partial charge is 0.254 e. The number of carbonyl (C=O) groups excluding carboxylic acids is 3. The summed E-state index contributed by atoms with van der Waals surface area (Å²) < 4.78 is 0. The van der Waals surface area contributed by atoms with E-state index in [1.807, 2.05) is 53.4 Å². The molecule has 2 aliphatic rings. The van der Waals surface area contributed by atoms with Gasteiger partial charge in [-0.3, -0.25) is 14.4 Å². The third-order valence-corrected chi connectivity index (χ3v) is 6.45. The number of rotatable bonds is 5. The van der Waals surface area contributed by atoms with Crippen LogP contribution in [0.25, 0.3) is 0 Å². The fourth-order valence-electron chi connectivity index (χ4n) is 4.28. The van der Waals surface area contributed by atoms with Gasteiger partial charge in [0.15, 0.2) is 0 Å². The lowest BCUT2D eigenvalue weighted by Gasteiger charge is -2.33. The minimum Gasteiger partial charge on any atom is -0.353 e. The van der Waals surface area contributed by atoms with Crippen LogP contribution in [0.5, 0.6) is 0 Å². The third kappa shape index (κ3) is 5.10. The Kier molecular flexibility index (Phi) is 6.61. The van der Waals surface area contributed by atoms with E-state index in [1.165, 1.54) is 0 Å². The number of thiol groups is 1. The van der Waals surface area contributed by atoms with Gasteiger partial charge < -0.3 is 15.1 Å². The van der Waals surface area contributed by atoms with E-state index >= 15 is 0 Å². The van der Waals surface area contributed by atoms with Gasteiger partial charge in [-0.15, -0.1) is 12.6 Å². The van der Waals surface area contributed by atoms with Crippen molar-refractivity contribution in [3.05, 3.63) is 65.7 Å². The van der Waals surface area contributed by atoms with Gasteiger partial charge in [-0.05, 0) is 30.5 Å². The molecular weight excluding hydrogens is 410 g/mol. The first-order chi connectivity index (χ1) is 15.0. The summed E-state index contributed by atoms with van der Waals surface area (Å²) in [4.78, 5) is 42.1. The number of hydrogen-bond acceptors (Lipinski definition) is 4. The molecule has 0 radical (unpaired) electrons. The van der Waals surface area contributed by atoms with Crippen LogP contribution in [0, 0.1) is 5.92 Å². The fourth-order valence-corrected chi connectivity index (χ4v) is 4.53. The lowest BCUT2D eigenvalue weighted by molar-refractivity contribution is -0.129. The van der Waals surface area contributed by atoms with E-state index in [1.54, 1.807) is 11.0 Å². The molecule has 4 rings (SSSR count). The van der Waals surface area contributed by atoms with Crippen LogP contribution in [0.2, 0.25) is 0 Å². The molecule has 3 amide bonds. The maximum absolute atomic E-state index is 12.8. The summed E-state index contributed by atoms with van der Waals surface area (Å²) in [5.41, 5.74) is 1.67. The average molecular weight is 438 g/mol. The molecular formula is C24H27N3O3S. The van der Waals surface area contributed by atoms with E-state index in [4.69, 9.17) is 0 Å². The van der Waals surface area contributed by atoms with Crippen LogP contribution in [0.1, 0.15) is 35.2 Å².